The molecule has 0 unspecified atom stereocenters. The van der Waals surface area contributed by atoms with Gasteiger partial charge in [-0.3, -0.25) is 25.0 Å². The number of methoxy groups -OCH3 is 3. The average Bonchev–Trinajstić information content (AvgIpc) is 2.81. The molecular weight excluding hydrogens is 465 g/mol. The smallest absolute Gasteiger partial charge is 0.454 e. The van der Waals surface area contributed by atoms with Crippen molar-refractivity contribution in [3.8, 4) is 0 Å². The molecule has 0 amide bonds. The zero-order valence-corrected chi connectivity index (χ0v) is 18.5. The van der Waals surface area contributed by atoms with Crippen molar-refractivity contribution < 1.29 is 42.0 Å². The SMILES string of the molecule is COC(=CC(=O)C(F)(F)F)c1ccc([N+](=O)[O-])cc1.COC(C)(OC)c1ccc([N+](=O)[O-])cc1. The standard InChI is InChI=1S/C11H8F3NO4.C10H13NO4/c1-19-9(6-10(16)11(12,13)14)7-2-4-8(5-3-7)15(17)18;1-10(14-2,15-3)8-4-6-9(7-5-8)11(12)13/h2-6H,1H3;4-7H,1-3H3. The molecule has 0 bridgehead atoms. The van der Waals surface area contributed by atoms with Gasteiger partial charge >= 0.3 is 6.18 Å². The van der Waals surface area contributed by atoms with Crippen molar-refractivity contribution in [1.82, 2.24) is 0 Å². The number of halogens is 3. The first kappa shape index (κ1) is 28.2. The monoisotopic (exact) mass is 486 g/mol. The van der Waals surface area contributed by atoms with Crippen LogP contribution in [0, 0.1) is 20.2 Å². The summed E-state index contributed by atoms with van der Waals surface area (Å²) in [4.78, 5) is 30.6. The molecule has 0 saturated carbocycles. The molecule has 34 heavy (non-hydrogen) atoms. The number of alkyl halides is 3. The van der Waals surface area contributed by atoms with Gasteiger partial charge in [0, 0.05) is 55.7 Å². The van der Waals surface area contributed by atoms with Crippen LogP contribution in [0.5, 0.6) is 0 Å². The number of non-ortho nitro benzene ring substituents is 2. The highest BCUT2D eigenvalue weighted by Gasteiger charge is 2.37. The molecular formula is C21H21F3N2O8. The van der Waals surface area contributed by atoms with Crippen LogP contribution in [0.3, 0.4) is 0 Å². The molecule has 2 aromatic rings. The van der Waals surface area contributed by atoms with Crippen molar-refractivity contribution in [3.63, 3.8) is 0 Å². The fraction of sp³-hybridized carbons (Fsp3) is 0.286. The number of nitrogens with zero attached hydrogens (tertiary/aromatic N) is 2. The van der Waals surface area contributed by atoms with E-state index in [0.29, 0.717) is 6.08 Å². The predicted octanol–water partition coefficient (Wildman–Crippen LogP) is 4.77. The zero-order chi connectivity index (χ0) is 26.1. The third-order valence-corrected chi connectivity index (χ3v) is 4.51. The second-order valence-corrected chi connectivity index (χ2v) is 6.54. The Morgan fingerprint density at radius 1 is 0.853 bits per heavy atom. The Bertz CT molecular complexity index is 1030. The molecule has 2 rings (SSSR count). The lowest BCUT2D eigenvalue weighted by Crippen LogP contribution is -2.26. The molecule has 13 heteroatoms. The molecule has 0 N–H and O–H groups in total. The summed E-state index contributed by atoms with van der Waals surface area (Å²) in [5.41, 5.74) is 0.693. The summed E-state index contributed by atoms with van der Waals surface area (Å²) in [5.74, 6) is -3.25. The molecule has 0 aliphatic heterocycles. The number of ether oxygens (including phenoxy) is 3. The van der Waals surface area contributed by atoms with E-state index in [-0.39, 0.29) is 22.7 Å². The average molecular weight is 486 g/mol. The van der Waals surface area contributed by atoms with Crippen molar-refractivity contribution in [2.24, 2.45) is 0 Å². The number of nitro groups is 2. The summed E-state index contributed by atoms with van der Waals surface area (Å²) in [5, 5.41) is 20.9. The number of allylic oxidation sites excluding steroid dienone is 1. The largest absolute Gasteiger partial charge is 0.496 e. The van der Waals surface area contributed by atoms with Gasteiger partial charge in [-0.15, -0.1) is 0 Å². The lowest BCUT2D eigenvalue weighted by molar-refractivity contribution is -0.385. The van der Waals surface area contributed by atoms with Gasteiger partial charge in [0.2, 0.25) is 0 Å². The molecule has 0 aliphatic carbocycles. The van der Waals surface area contributed by atoms with Gasteiger partial charge in [-0.2, -0.15) is 13.2 Å². The maximum Gasteiger partial charge on any atom is 0.454 e. The molecule has 0 heterocycles. The topological polar surface area (TPSA) is 131 Å². The fourth-order valence-corrected chi connectivity index (χ4v) is 2.41. The third-order valence-electron chi connectivity index (χ3n) is 4.51. The zero-order valence-electron chi connectivity index (χ0n) is 18.5. The van der Waals surface area contributed by atoms with E-state index in [1.165, 1.54) is 38.5 Å². The Hall–Kier alpha value is -3.84. The van der Waals surface area contributed by atoms with Gasteiger partial charge in [-0.25, -0.2) is 0 Å². The Morgan fingerprint density at radius 3 is 1.59 bits per heavy atom. The number of benzene rings is 2. The van der Waals surface area contributed by atoms with E-state index in [1.54, 1.807) is 19.1 Å². The maximum absolute atomic E-state index is 12.1. The van der Waals surface area contributed by atoms with E-state index in [9.17, 15) is 38.2 Å². The van der Waals surface area contributed by atoms with Gasteiger partial charge in [0.1, 0.15) is 5.76 Å². The van der Waals surface area contributed by atoms with Crippen LogP contribution in [0.2, 0.25) is 0 Å². The number of hydrogen-bond donors (Lipinski definition) is 0. The van der Waals surface area contributed by atoms with E-state index in [0.717, 1.165) is 24.8 Å². The Kier molecular flexibility index (Phi) is 9.83. The highest BCUT2D eigenvalue weighted by atomic mass is 19.4. The van der Waals surface area contributed by atoms with Gasteiger partial charge < -0.3 is 14.2 Å². The number of rotatable bonds is 8. The first-order chi connectivity index (χ1) is 15.8. The van der Waals surface area contributed by atoms with Crippen LogP contribution in [0.4, 0.5) is 24.5 Å². The lowest BCUT2D eigenvalue weighted by Gasteiger charge is -2.26. The summed E-state index contributed by atoms with van der Waals surface area (Å²) in [6.45, 7) is 1.74. The normalized spacial score (nSPS) is 11.8. The van der Waals surface area contributed by atoms with Gasteiger partial charge in [0.05, 0.1) is 17.0 Å². The number of nitro benzene ring substituents is 2. The maximum atomic E-state index is 12.1. The first-order valence-corrected chi connectivity index (χ1v) is 9.26. The Labute approximate surface area is 191 Å². The lowest BCUT2D eigenvalue weighted by atomic mass is 10.1. The summed E-state index contributed by atoms with van der Waals surface area (Å²) in [6, 6.07) is 10.7. The van der Waals surface area contributed by atoms with Crippen LogP contribution in [-0.4, -0.2) is 43.1 Å². The van der Waals surface area contributed by atoms with Crippen molar-refractivity contribution in [2.75, 3.05) is 21.3 Å². The molecule has 0 fully saturated rings. The van der Waals surface area contributed by atoms with Crippen molar-refractivity contribution in [3.05, 3.63) is 86.0 Å². The number of hydrogen-bond acceptors (Lipinski definition) is 8. The molecule has 0 aromatic heterocycles. The molecule has 10 nitrogen and oxygen atoms in total. The van der Waals surface area contributed by atoms with Crippen LogP contribution >= 0.6 is 0 Å². The fourth-order valence-electron chi connectivity index (χ4n) is 2.41. The van der Waals surface area contributed by atoms with Gasteiger partial charge in [-0.1, -0.05) is 0 Å². The van der Waals surface area contributed by atoms with Crippen molar-refractivity contribution in [2.45, 2.75) is 18.9 Å². The summed E-state index contributed by atoms with van der Waals surface area (Å²) < 4.78 is 51.3. The van der Waals surface area contributed by atoms with Crippen molar-refractivity contribution in [1.29, 1.82) is 0 Å². The van der Waals surface area contributed by atoms with E-state index in [2.05, 4.69) is 4.74 Å². The second kappa shape index (κ2) is 11.9. The summed E-state index contributed by atoms with van der Waals surface area (Å²) in [7, 11) is 4.13. The molecule has 184 valence electrons. The Balaban J connectivity index is 0.000000350. The molecule has 0 atom stereocenters. The van der Waals surface area contributed by atoms with E-state index in [1.807, 2.05) is 0 Å². The van der Waals surface area contributed by atoms with Gasteiger partial charge in [0.25, 0.3) is 17.2 Å². The van der Waals surface area contributed by atoms with E-state index >= 15 is 0 Å². The van der Waals surface area contributed by atoms with Crippen LogP contribution in [0.15, 0.2) is 54.6 Å². The van der Waals surface area contributed by atoms with Crippen LogP contribution in [-0.2, 0) is 24.8 Å². The minimum atomic E-state index is -5.00. The van der Waals surface area contributed by atoms with E-state index in [4.69, 9.17) is 9.47 Å². The minimum Gasteiger partial charge on any atom is -0.496 e. The molecule has 0 aliphatic rings. The molecule has 0 saturated heterocycles. The number of ketones is 1. The van der Waals surface area contributed by atoms with Crippen LogP contribution < -0.4 is 0 Å². The molecule has 0 radical (unpaired) electrons. The highest BCUT2D eigenvalue weighted by molar-refractivity contribution is 5.99. The third kappa shape index (κ3) is 7.64. The highest BCUT2D eigenvalue weighted by Crippen LogP contribution is 2.27. The summed E-state index contributed by atoms with van der Waals surface area (Å²) in [6.07, 6.45) is -4.70. The van der Waals surface area contributed by atoms with Gasteiger partial charge in [-0.05, 0) is 31.2 Å². The first-order valence-electron chi connectivity index (χ1n) is 9.26. The molecule has 2 aromatic carbocycles. The predicted molar refractivity (Wildman–Crippen MR) is 114 cm³/mol. The number of carbonyl (C=O) groups is 1. The van der Waals surface area contributed by atoms with E-state index < -0.39 is 27.6 Å². The van der Waals surface area contributed by atoms with Gasteiger partial charge in [0.15, 0.2) is 5.79 Å². The molecule has 0 spiro atoms. The quantitative estimate of drug-likeness (QED) is 0.171. The van der Waals surface area contributed by atoms with Crippen LogP contribution in [0.25, 0.3) is 5.76 Å². The second-order valence-electron chi connectivity index (χ2n) is 6.54. The minimum absolute atomic E-state index is 0.0494. The number of carbonyl (C=O) groups excluding carboxylic acids is 1. The van der Waals surface area contributed by atoms with Crippen molar-refractivity contribution >= 4 is 22.9 Å². The summed E-state index contributed by atoms with van der Waals surface area (Å²) >= 11 is 0. The van der Waals surface area contributed by atoms with Crippen LogP contribution in [0.1, 0.15) is 18.1 Å². The Morgan fingerprint density at radius 2 is 1.26 bits per heavy atom.